The Hall–Kier alpha value is -0.570. The van der Waals surface area contributed by atoms with E-state index in [9.17, 15) is 0 Å². The fourth-order valence-corrected chi connectivity index (χ4v) is 3.04. The topological polar surface area (TPSA) is 29.3 Å². The van der Waals surface area contributed by atoms with E-state index in [2.05, 4.69) is 30.9 Å². The van der Waals surface area contributed by atoms with Crippen LogP contribution in [0.15, 0.2) is 24.3 Å². The van der Waals surface area contributed by atoms with Crippen LogP contribution in [0.4, 0.5) is 0 Å². The predicted molar refractivity (Wildman–Crippen MR) is 77.8 cm³/mol. The van der Waals surface area contributed by atoms with Crippen LogP contribution < -0.4 is 5.73 Å². The normalized spacial score (nSPS) is 24.1. The summed E-state index contributed by atoms with van der Waals surface area (Å²) in [6.07, 6.45) is 2.36. The van der Waals surface area contributed by atoms with Crippen molar-refractivity contribution in [1.82, 2.24) is 4.90 Å². The van der Waals surface area contributed by atoms with Crippen molar-refractivity contribution in [3.63, 3.8) is 0 Å². The number of nitrogens with two attached hydrogens (primary N) is 1. The van der Waals surface area contributed by atoms with Gasteiger partial charge in [0.15, 0.2) is 0 Å². The fourth-order valence-electron chi connectivity index (χ4n) is 2.92. The summed E-state index contributed by atoms with van der Waals surface area (Å²) in [6, 6.07) is 9.08. The third-order valence-corrected chi connectivity index (χ3v) is 4.33. The smallest absolute Gasteiger partial charge is 0.0406 e. The van der Waals surface area contributed by atoms with Crippen LogP contribution in [-0.2, 0) is 0 Å². The van der Waals surface area contributed by atoms with E-state index in [-0.39, 0.29) is 0 Å². The lowest BCUT2D eigenvalue weighted by atomic mass is 10.0. The van der Waals surface area contributed by atoms with E-state index in [4.69, 9.17) is 17.3 Å². The van der Waals surface area contributed by atoms with Gasteiger partial charge in [-0.3, -0.25) is 4.90 Å². The Morgan fingerprint density at radius 1 is 1.39 bits per heavy atom. The van der Waals surface area contributed by atoms with Crippen molar-refractivity contribution < 1.29 is 0 Å². The summed E-state index contributed by atoms with van der Waals surface area (Å²) in [5.74, 6) is 0.645. The van der Waals surface area contributed by atoms with Gasteiger partial charge in [-0.2, -0.15) is 0 Å². The number of benzene rings is 1. The summed E-state index contributed by atoms with van der Waals surface area (Å²) < 4.78 is 0. The average Bonchev–Trinajstić information content (AvgIpc) is 2.82. The first-order valence-electron chi connectivity index (χ1n) is 6.87. The van der Waals surface area contributed by atoms with Gasteiger partial charge in [-0.05, 0) is 49.9 Å². The molecule has 1 heterocycles. The first-order valence-corrected chi connectivity index (χ1v) is 7.24. The van der Waals surface area contributed by atoms with Gasteiger partial charge < -0.3 is 5.73 Å². The van der Waals surface area contributed by atoms with Crippen molar-refractivity contribution in [3.8, 4) is 0 Å². The van der Waals surface area contributed by atoms with Crippen LogP contribution in [0.3, 0.4) is 0 Å². The maximum Gasteiger partial charge on any atom is 0.0406 e. The Labute approximate surface area is 115 Å². The van der Waals surface area contributed by atoms with Gasteiger partial charge in [0.2, 0.25) is 0 Å². The zero-order chi connectivity index (χ0) is 13.1. The van der Waals surface area contributed by atoms with Crippen LogP contribution in [0.5, 0.6) is 0 Å². The lowest BCUT2D eigenvalue weighted by Crippen LogP contribution is -2.31. The highest BCUT2D eigenvalue weighted by molar-refractivity contribution is 6.30. The van der Waals surface area contributed by atoms with Gasteiger partial charge in [-0.25, -0.2) is 0 Å². The van der Waals surface area contributed by atoms with Gasteiger partial charge in [-0.1, -0.05) is 30.7 Å². The van der Waals surface area contributed by atoms with Gasteiger partial charge in [0, 0.05) is 23.7 Å². The molecule has 2 nitrogen and oxygen atoms in total. The first kappa shape index (κ1) is 13.9. The van der Waals surface area contributed by atoms with Crippen LogP contribution >= 0.6 is 11.6 Å². The number of halogens is 1. The number of hydrogen-bond acceptors (Lipinski definition) is 2. The molecular weight excluding hydrogens is 244 g/mol. The minimum absolute atomic E-state index is 0.303. The zero-order valence-electron chi connectivity index (χ0n) is 11.3. The molecule has 1 saturated heterocycles. The second kappa shape index (κ2) is 6.05. The van der Waals surface area contributed by atoms with Crippen LogP contribution in [0, 0.1) is 5.92 Å². The quantitative estimate of drug-likeness (QED) is 0.904. The third-order valence-electron chi connectivity index (χ3n) is 4.08. The highest BCUT2D eigenvalue weighted by Gasteiger charge is 2.29. The van der Waals surface area contributed by atoms with Crippen molar-refractivity contribution in [2.75, 3.05) is 13.1 Å². The molecule has 1 aromatic carbocycles. The number of rotatable bonds is 4. The van der Waals surface area contributed by atoms with E-state index < -0.39 is 0 Å². The molecule has 100 valence electrons. The molecule has 3 unspecified atom stereocenters. The van der Waals surface area contributed by atoms with Crippen molar-refractivity contribution in [3.05, 3.63) is 34.9 Å². The average molecular weight is 267 g/mol. The maximum absolute atomic E-state index is 6.02. The number of likely N-dealkylation sites (tertiary alicyclic amines) is 1. The van der Waals surface area contributed by atoms with Crippen molar-refractivity contribution in [1.29, 1.82) is 0 Å². The standard InChI is InChI=1S/C15H23ClN2/c1-3-15(12-4-6-14(16)7-5-12)18-9-8-13(10-18)11(2)17/h4-7,11,13,15H,3,8-10,17H2,1-2H3. The molecule has 0 bridgehead atoms. The molecule has 3 atom stereocenters. The van der Waals surface area contributed by atoms with Crippen LogP contribution in [0.1, 0.15) is 38.3 Å². The van der Waals surface area contributed by atoms with E-state index in [1.54, 1.807) is 0 Å². The van der Waals surface area contributed by atoms with E-state index in [1.807, 2.05) is 12.1 Å². The van der Waals surface area contributed by atoms with Crippen LogP contribution in [0.2, 0.25) is 5.02 Å². The molecule has 18 heavy (non-hydrogen) atoms. The zero-order valence-corrected chi connectivity index (χ0v) is 12.0. The molecular formula is C15H23ClN2. The van der Waals surface area contributed by atoms with Crippen molar-refractivity contribution in [2.24, 2.45) is 11.7 Å². The molecule has 0 radical (unpaired) electrons. The summed E-state index contributed by atoms with van der Waals surface area (Å²) in [6.45, 7) is 6.65. The summed E-state index contributed by atoms with van der Waals surface area (Å²) in [5, 5.41) is 0.809. The highest BCUT2D eigenvalue weighted by atomic mass is 35.5. The molecule has 0 saturated carbocycles. The highest BCUT2D eigenvalue weighted by Crippen LogP contribution is 2.31. The number of nitrogens with zero attached hydrogens (tertiary/aromatic N) is 1. The van der Waals surface area contributed by atoms with E-state index in [0.29, 0.717) is 18.0 Å². The molecule has 0 aliphatic carbocycles. The summed E-state index contributed by atoms with van der Waals surface area (Å²) in [7, 11) is 0. The molecule has 0 amide bonds. The molecule has 1 fully saturated rings. The second-order valence-corrected chi connectivity index (χ2v) is 5.81. The van der Waals surface area contributed by atoms with Crippen molar-refractivity contribution in [2.45, 2.75) is 38.8 Å². The third kappa shape index (κ3) is 3.05. The number of hydrogen-bond donors (Lipinski definition) is 1. The minimum Gasteiger partial charge on any atom is -0.328 e. The summed E-state index contributed by atoms with van der Waals surface area (Å²) >= 11 is 5.95. The van der Waals surface area contributed by atoms with E-state index in [0.717, 1.165) is 24.5 Å². The SMILES string of the molecule is CCC(c1ccc(Cl)cc1)N1CCC(C(C)N)C1. The summed E-state index contributed by atoms with van der Waals surface area (Å²) in [5.41, 5.74) is 7.38. The lowest BCUT2D eigenvalue weighted by Gasteiger charge is -2.28. The Morgan fingerprint density at radius 3 is 2.56 bits per heavy atom. The Bertz CT molecular complexity index is 375. The lowest BCUT2D eigenvalue weighted by molar-refractivity contribution is 0.227. The van der Waals surface area contributed by atoms with E-state index in [1.165, 1.54) is 12.0 Å². The molecule has 2 N–H and O–H groups in total. The molecule has 0 spiro atoms. The molecule has 0 aromatic heterocycles. The van der Waals surface area contributed by atoms with Crippen molar-refractivity contribution >= 4 is 11.6 Å². The van der Waals surface area contributed by atoms with Gasteiger partial charge in [0.1, 0.15) is 0 Å². The molecule has 1 aliphatic rings. The molecule has 1 aliphatic heterocycles. The Morgan fingerprint density at radius 2 is 2.06 bits per heavy atom. The fraction of sp³-hybridized carbons (Fsp3) is 0.600. The summed E-state index contributed by atoms with van der Waals surface area (Å²) in [4.78, 5) is 2.57. The monoisotopic (exact) mass is 266 g/mol. The van der Waals surface area contributed by atoms with Crippen LogP contribution in [0.25, 0.3) is 0 Å². The predicted octanol–water partition coefficient (Wildman–Crippen LogP) is 3.46. The van der Waals surface area contributed by atoms with Gasteiger partial charge in [0.05, 0.1) is 0 Å². The van der Waals surface area contributed by atoms with Gasteiger partial charge >= 0.3 is 0 Å². The molecule has 2 rings (SSSR count). The molecule has 1 aromatic rings. The maximum atomic E-state index is 6.02. The molecule has 3 heteroatoms. The Kier molecular flexibility index (Phi) is 4.66. The Balaban J connectivity index is 2.08. The van der Waals surface area contributed by atoms with E-state index >= 15 is 0 Å². The first-order chi connectivity index (χ1) is 8.61. The van der Waals surface area contributed by atoms with Gasteiger partial charge in [-0.15, -0.1) is 0 Å². The minimum atomic E-state index is 0.303. The largest absolute Gasteiger partial charge is 0.328 e. The van der Waals surface area contributed by atoms with Gasteiger partial charge in [0.25, 0.3) is 0 Å². The second-order valence-electron chi connectivity index (χ2n) is 5.38. The van der Waals surface area contributed by atoms with Crippen LogP contribution in [-0.4, -0.2) is 24.0 Å².